The lowest BCUT2D eigenvalue weighted by Gasteiger charge is -2.64. The van der Waals surface area contributed by atoms with Crippen molar-refractivity contribution in [2.75, 3.05) is 0 Å². The molecule has 36 heavy (non-hydrogen) atoms. The predicted molar refractivity (Wildman–Crippen MR) is 158 cm³/mol. The van der Waals surface area contributed by atoms with E-state index < -0.39 is 5.97 Å². The summed E-state index contributed by atoms with van der Waals surface area (Å²) < 4.78 is 0. The maximum absolute atomic E-state index is 12.1. The van der Waals surface area contributed by atoms with Gasteiger partial charge in [0.15, 0.2) is 0 Å². The standard InChI is InChI=1S/C34H64O2/c1-14-18-31(6,7)26-23-25(22-24(5)30(35)36)27(32(8,9)19-15-2)29(34(12,13)21-17-4)28(26)33(10,11)20-16-3/h22,25-29H,14-21,23H2,1-13H3,(H,35,36). The highest BCUT2D eigenvalue weighted by molar-refractivity contribution is 5.85. The fraction of sp³-hybridized carbons (Fsp3) is 0.912. The molecule has 0 aromatic heterocycles. The van der Waals surface area contributed by atoms with Crippen molar-refractivity contribution in [1.29, 1.82) is 0 Å². The van der Waals surface area contributed by atoms with Crippen molar-refractivity contribution in [2.24, 2.45) is 51.2 Å². The number of allylic oxidation sites excluding steroid dienone is 1. The van der Waals surface area contributed by atoms with Crippen LogP contribution < -0.4 is 0 Å². The number of hydrogen-bond donors (Lipinski definition) is 1. The average Bonchev–Trinajstić information content (AvgIpc) is 2.72. The van der Waals surface area contributed by atoms with Gasteiger partial charge in [-0.3, -0.25) is 0 Å². The van der Waals surface area contributed by atoms with Crippen LogP contribution in [0.25, 0.3) is 0 Å². The van der Waals surface area contributed by atoms with Crippen molar-refractivity contribution in [3.63, 3.8) is 0 Å². The first-order chi connectivity index (χ1) is 16.4. The summed E-state index contributed by atoms with van der Waals surface area (Å²) in [6.45, 7) is 31.4. The summed E-state index contributed by atoms with van der Waals surface area (Å²) in [5, 5.41) is 9.91. The molecular formula is C34H64O2. The molecule has 1 rings (SSSR count). The van der Waals surface area contributed by atoms with Crippen LogP contribution in [0.15, 0.2) is 11.6 Å². The monoisotopic (exact) mass is 504 g/mol. The van der Waals surface area contributed by atoms with E-state index in [9.17, 15) is 9.90 Å². The molecule has 1 fully saturated rings. The molecule has 5 atom stereocenters. The molecule has 0 spiro atoms. The van der Waals surface area contributed by atoms with Crippen molar-refractivity contribution in [1.82, 2.24) is 0 Å². The summed E-state index contributed by atoms with van der Waals surface area (Å²) in [6.07, 6.45) is 13.0. The fourth-order valence-corrected chi connectivity index (χ4v) is 9.03. The Morgan fingerprint density at radius 2 is 1.03 bits per heavy atom. The fourth-order valence-electron chi connectivity index (χ4n) is 9.03. The molecule has 1 aliphatic carbocycles. The van der Waals surface area contributed by atoms with Gasteiger partial charge >= 0.3 is 5.97 Å². The minimum Gasteiger partial charge on any atom is -0.478 e. The Morgan fingerprint density at radius 3 is 1.42 bits per heavy atom. The van der Waals surface area contributed by atoms with Gasteiger partial charge in [0.2, 0.25) is 0 Å². The van der Waals surface area contributed by atoms with E-state index >= 15 is 0 Å². The van der Waals surface area contributed by atoms with Gasteiger partial charge in [0.05, 0.1) is 0 Å². The van der Waals surface area contributed by atoms with Crippen LogP contribution in [0.1, 0.15) is 148 Å². The summed E-state index contributed by atoms with van der Waals surface area (Å²) in [4.78, 5) is 12.1. The summed E-state index contributed by atoms with van der Waals surface area (Å²) in [5.74, 6) is 1.78. The highest BCUT2D eigenvalue weighted by Crippen LogP contribution is 2.65. The predicted octanol–water partition coefficient (Wildman–Crippen LogP) is 10.8. The first-order valence-electron chi connectivity index (χ1n) is 15.3. The molecule has 0 aliphatic heterocycles. The van der Waals surface area contributed by atoms with Crippen LogP contribution in [-0.2, 0) is 4.79 Å². The van der Waals surface area contributed by atoms with Crippen LogP contribution in [0.3, 0.4) is 0 Å². The topological polar surface area (TPSA) is 37.3 Å². The molecule has 212 valence electrons. The van der Waals surface area contributed by atoms with Gasteiger partial charge < -0.3 is 5.11 Å². The molecular weight excluding hydrogens is 440 g/mol. The summed E-state index contributed by atoms with van der Waals surface area (Å²) in [6, 6.07) is 0. The molecule has 2 nitrogen and oxygen atoms in total. The van der Waals surface area contributed by atoms with E-state index in [1.165, 1.54) is 51.4 Å². The van der Waals surface area contributed by atoms with Crippen molar-refractivity contribution >= 4 is 5.97 Å². The lowest BCUT2D eigenvalue weighted by atomic mass is 9.41. The van der Waals surface area contributed by atoms with Crippen molar-refractivity contribution in [2.45, 2.75) is 148 Å². The van der Waals surface area contributed by atoms with Gasteiger partial charge in [0.1, 0.15) is 0 Å². The van der Waals surface area contributed by atoms with Gasteiger partial charge in [-0.25, -0.2) is 4.79 Å². The van der Waals surface area contributed by atoms with Crippen LogP contribution in [-0.4, -0.2) is 11.1 Å². The van der Waals surface area contributed by atoms with Crippen molar-refractivity contribution < 1.29 is 9.90 Å². The maximum atomic E-state index is 12.1. The quantitative estimate of drug-likeness (QED) is 0.239. The van der Waals surface area contributed by atoms with Gasteiger partial charge in [0, 0.05) is 5.57 Å². The van der Waals surface area contributed by atoms with E-state index in [-0.39, 0.29) is 21.7 Å². The number of aliphatic carboxylic acids is 1. The summed E-state index contributed by atoms with van der Waals surface area (Å²) in [5.41, 5.74) is 1.36. The van der Waals surface area contributed by atoms with Gasteiger partial charge in [0.25, 0.3) is 0 Å². The second-order valence-electron chi connectivity index (χ2n) is 15.2. The van der Waals surface area contributed by atoms with Gasteiger partial charge in [-0.1, -0.05) is 115 Å². The molecule has 0 radical (unpaired) electrons. The summed E-state index contributed by atoms with van der Waals surface area (Å²) >= 11 is 0. The van der Waals surface area contributed by atoms with Gasteiger partial charge in [-0.15, -0.1) is 0 Å². The molecule has 5 unspecified atom stereocenters. The van der Waals surface area contributed by atoms with Gasteiger partial charge in [-0.2, -0.15) is 0 Å². The average molecular weight is 505 g/mol. The molecule has 0 amide bonds. The highest BCUT2D eigenvalue weighted by Gasteiger charge is 2.59. The Bertz CT molecular complexity index is 723. The molecule has 0 heterocycles. The van der Waals surface area contributed by atoms with Crippen LogP contribution in [0.2, 0.25) is 0 Å². The van der Waals surface area contributed by atoms with Crippen molar-refractivity contribution in [3.05, 3.63) is 11.6 Å². The Hall–Kier alpha value is -0.790. The molecule has 0 aromatic carbocycles. The minimum atomic E-state index is -0.760. The van der Waals surface area contributed by atoms with E-state index in [4.69, 9.17) is 0 Å². The number of hydrogen-bond acceptors (Lipinski definition) is 1. The lowest BCUT2D eigenvalue weighted by molar-refractivity contribution is -0.147. The molecule has 1 N–H and O–H groups in total. The third-order valence-corrected chi connectivity index (χ3v) is 10.3. The SMILES string of the molecule is CCCC(C)(C)C1CC(C=C(C)C(=O)O)C(C(C)(C)CCC)C(C(C)(C)CCC)C1C(C)(C)CCC. The Kier molecular flexibility index (Phi) is 11.9. The Labute approximate surface area is 226 Å². The smallest absolute Gasteiger partial charge is 0.330 e. The Balaban J connectivity index is 4.08. The van der Waals surface area contributed by atoms with E-state index in [1.54, 1.807) is 0 Å². The first-order valence-corrected chi connectivity index (χ1v) is 15.3. The van der Waals surface area contributed by atoms with E-state index in [0.29, 0.717) is 35.2 Å². The normalized spacial score (nSPS) is 26.8. The Morgan fingerprint density at radius 1 is 0.667 bits per heavy atom. The molecule has 1 saturated carbocycles. The number of rotatable bonds is 14. The molecule has 2 heteroatoms. The lowest BCUT2D eigenvalue weighted by Crippen LogP contribution is -2.57. The molecule has 0 saturated heterocycles. The zero-order chi connectivity index (χ0) is 28.1. The first kappa shape index (κ1) is 33.2. The largest absolute Gasteiger partial charge is 0.478 e. The molecule has 0 bridgehead atoms. The molecule has 1 aliphatic rings. The number of carbonyl (C=O) groups is 1. The highest BCUT2D eigenvalue weighted by atomic mass is 16.4. The summed E-state index contributed by atoms with van der Waals surface area (Å²) in [7, 11) is 0. The van der Waals surface area contributed by atoms with Crippen LogP contribution >= 0.6 is 0 Å². The second kappa shape index (κ2) is 12.8. The zero-order valence-corrected chi connectivity index (χ0v) is 26.7. The van der Waals surface area contributed by atoms with E-state index in [1.807, 2.05) is 6.92 Å². The van der Waals surface area contributed by atoms with E-state index in [0.717, 1.165) is 6.42 Å². The second-order valence-corrected chi connectivity index (χ2v) is 15.2. The van der Waals surface area contributed by atoms with Gasteiger partial charge in [-0.05, 0) is 90.3 Å². The van der Waals surface area contributed by atoms with Crippen LogP contribution in [0.5, 0.6) is 0 Å². The zero-order valence-electron chi connectivity index (χ0n) is 26.7. The van der Waals surface area contributed by atoms with Crippen molar-refractivity contribution in [3.8, 4) is 0 Å². The maximum Gasteiger partial charge on any atom is 0.330 e. The van der Waals surface area contributed by atoms with Crippen LogP contribution in [0, 0.1) is 51.2 Å². The third kappa shape index (κ3) is 7.63. The number of carboxylic acids is 1. The molecule has 0 aromatic rings. The minimum absolute atomic E-state index is 0.158. The third-order valence-electron chi connectivity index (χ3n) is 10.3. The number of carboxylic acid groups (broad SMARTS) is 1. The van der Waals surface area contributed by atoms with Crippen LogP contribution in [0.4, 0.5) is 0 Å². The van der Waals surface area contributed by atoms with E-state index in [2.05, 4.69) is 89.2 Å².